The highest BCUT2D eigenvalue weighted by molar-refractivity contribution is 9.10. The van der Waals surface area contributed by atoms with Crippen molar-refractivity contribution in [2.45, 2.75) is 25.3 Å². The molecule has 1 amide bonds. The summed E-state index contributed by atoms with van der Waals surface area (Å²) in [4.78, 5) is 23.5. The Kier molecular flexibility index (Phi) is 4.58. The fourth-order valence-corrected chi connectivity index (χ4v) is 2.32. The molecule has 1 aromatic carbocycles. The van der Waals surface area contributed by atoms with Crippen LogP contribution in [0.2, 0.25) is 0 Å². The third kappa shape index (κ3) is 4.06. The van der Waals surface area contributed by atoms with Crippen molar-refractivity contribution in [1.82, 2.24) is 5.32 Å². The highest BCUT2D eigenvalue weighted by atomic mass is 79.9. The van der Waals surface area contributed by atoms with Crippen LogP contribution in [0, 0.1) is 5.92 Å². The van der Waals surface area contributed by atoms with Crippen molar-refractivity contribution in [3.8, 4) is 0 Å². The second-order valence-corrected chi connectivity index (χ2v) is 5.61. The van der Waals surface area contributed by atoms with Crippen molar-refractivity contribution < 1.29 is 14.3 Å². The van der Waals surface area contributed by atoms with E-state index in [1.54, 1.807) is 0 Å². The smallest absolute Gasteiger partial charge is 0.328 e. The van der Waals surface area contributed by atoms with Crippen LogP contribution in [-0.2, 0) is 20.7 Å². The van der Waals surface area contributed by atoms with E-state index < -0.39 is 12.0 Å². The molecule has 0 heterocycles. The summed E-state index contributed by atoms with van der Waals surface area (Å²) in [6, 6.07) is 7.05. The summed E-state index contributed by atoms with van der Waals surface area (Å²) in [5.74, 6) is -0.381. The highest BCUT2D eigenvalue weighted by Gasteiger charge is 2.32. The number of ether oxygens (including phenoxy) is 1. The van der Waals surface area contributed by atoms with Crippen LogP contribution in [0.4, 0.5) is 0 Å². The van der Waals surface area contributed by atoms with Crippen LogP contribution in [-0.4, -0.2) is 25.0 Å². The molecule has 0 aromatic heterocycles. The van der Waals surface area contributed by atoms with E-state index in [4.69, 9.17) is 4.74 Å². The predicted molar refractivity (Wildman–Crippen MR) is 74.5 cm³/mol. The van der Waals surface area contributed by atoms with Gasteiger partial charge < -0.3 is 10.1 Å². The van der Waals surface area contributed by atoms with Gasteiger partial charge in [-0.05, 0) is 30.5 Å². The molecule has 0 saturated heterocycles. The Labute approximate surface area is 120 Å². The van der Waals surface area contributed by atoms with E-state index >= 15 is 0 Å². The van der Waals surface area contributed by atoms with E-state index in [9.17, 15) is 9.59 Å². The molecule has 1 fully saturated rings. The molecule has 4 nitrogen and oxygen atoms in total. The van der Waals surface area contributed by atoms with E-state index in [1.165, 1.54) is 7.11 Å². The minimum absolute atomic E-state index is 0.0506. The molecule has 1 aromatic rings. The number of benzene rings is 1. The lowest BCUT2D eigenvalue weighted by molar-refractivity contribution is -0.145. The Balaban J connectivity index is 2.04. The van der Waals surface area contributed by atoms with Gasteiger partial charge in [-0.25, -0.2) is 4.79 Å². The average molecular weight is 326 g/mol. The SMILES string of the molecule is COC(=O)[C@@H](Cc1cccc(Br)c1)NC(=O)C1CC1. The van der Waals surface area contributed by atoms with E-state index in [0.717, 1.165) is 22.9 Å². The molecule has 0 bridgehead atoms. The number of nitrogens with one attached hydrogen (secondary N) is 1. The topological polar surface area (TPSA) is 55.4 Å². The molecule has 1 aliphatic rings. The summed E-state index contributed by atoms with van der Waals surface area (Å²) in [5.41, 5.74) is 0.973. The predicted octanol–water partition coefficient (Wildman–Crippen LogP) is 2.06. The quantitative estimate of drug-likeness (QED) is 0.843. The van der Waals surface area contributed by atoms with Crippen molar-refractivity contribution in [2.24, 2.45) is 5.92 Å². The fourth-order valence-electron chi connectivity index (χ4n) is 1.87. The molecule has 0 radical (unpaired) electrons. The first kappa shape index (κ1) is 14.1. The zero-order valence-corrected chi connectivity index (χ0v) is 12.3. The Bertz CT molecular complexity index is 485. The summed E-state index contributed by atoms with van der Waals surface area (Å²) in [7, 11) is 1.33. The van der Waals surface area contributed by atoms with Crippen LogP contribution in [0.1, 0.15) is 18.4 Å². The maximum Gasteiger partial charge on any atom is 0.328 e. The second kappa shape index (κ2) is 6.19. The van der Waals surface area contributed by atoms with Gasteiger partial charge in [-0.2, -0.15) is 0 Å². The zero-order chi connectivity index (χ0) is 13.8. The van der Waals surface area contributed by atoms with Gasteiger partial charge in [0, 0.05) is 16.8 Å². The molecule has 1 N–H and O–H groups in total. The van der Waals surface area contributed by atoms with Crippen LogP contribution < -0.4 is 5.32 Å². The monoisotopic (exact) mass is 325 g/mol. The standard InChI is InChI=1S/C14H16BrNO3/c1-19-14(18)12(16-13(17)10-5-6-10)8-9-3-2-4-11(15)7-9/h2-4,7,10,12H,5-6,8H2,1H3,(H,16,17)/t12-/m1/s1. The van der Waals surface area contributed by atoms with E-state index in [-0.39, 0.29) is 11.8 Å². The molecule has 1 atom stereocenters. The molecule has 19 heavy (non-hydrogen) atoms. The molecule has 0 aliphatic heterocycles. The maximum absolute atomic E-state index is 11.8. The lowest BCUT2D eigenvalue weighted by atomic mass is 10.1. The number of amides is 1. The normalized spacial score (nSPS) is 15.7. The van der Waals surface area contributed by atoms with Gasteiger partial charge in [0.25, 0.3) is 0 Å². The van der Waals surface area contributed by atoms with Crippen LogP contribution in [0.5, 0.6) is 0 Å². The molecule has 0 unspecified atom stereocenters. The minimum atomic E-state index is -0.618. The number of methoxy groups -OCH3 is 1. The Hall–Kier alpha value is -1.36. The fraction of sp³-hybridized carbons (Fsp3) is 0.429. The number of hydrogen-bond donors (Lipinski definition) is 1. The van der Waals surface area contributed by atoms with E-state index in [1.807, 2.05) is 24.3 Å². The third-order valence-electron chi connectivity index (χ3n) is 3.08. The van der Waals surface area contributed by atoms with Crippen LogP contribution >= 0.6 is 15.9 Å². The van der Waals surface area contributed by atoms with Gasteiger partial charge in [0.1, 0.15) is 6.04 Å². The van der Waals surface area contributed by atoms with Crippen molar-refractivity contribution in [3.05, 3.63) is 34.3 Å². The van der Waals surface area contributed by atoms with Gasteiger partial charge in [-0.15, -0.1) is 0 Å². The lowest BCUT2D eigenvalue weighted by Crippen LogP contribution is -2.43. The highest BCUT2D eigenvalue weighted by Crippen LogP contribution is 2.29. The third-order valence-corrected chi connectivity index (χ3v) is 3.57. The lowest BCUT2D eigenvalue weighted by Gasteiger charge is -2.16. The molecule has 2 rings (SSSR count). The van der Waals surface area contributed by atoms with Gasteiger partial charge in [0.05, 0.1) is 7.11 Å². The van der Waals surface area contributed by atoms with Gasteiger partial charge in [0.2, 0.25) is 5.91 Å². The van der Waals surface area contributed by atoms with E-state index in [0.29, 0.717) is 6.42 Å². The van der Waals surface area contributed by atoms with Crippen molar-refractivity contribution in [3.63, 3.8) is 0 Å². The van der Waals surface area contributed by atoms with Gasteiger partial charge in [-0.3, -0.25) is 4.79 Å². The first-order valence-corrected chi connectivity index (χ1v) is 7.02. The van der Waals surface area contributed by atoms with E-state index in [2.05, 4.69) is 21.2 Å². The van der Waals surface area contributed by atoms with Crippen molar-refractivity contribution in [1.29, 1.82) is 0 Å². The van der Waals surface area contributed by atoms with Gasteiger partial charge in [-0.1, -0.05) is 28.1 Å². The summed E-state index contributed by atoms with van der Waals surface area (Å²) in [5, 5.41) is 2.77. The molecule has 102 valence electrons. The first-order valence-electron chi connectivity index (χ1n) is 6.23. The van der Waals surface area contributed by atoms with Crippen LogP contribution in [0.15, 0.2) is 28.7 Å². The second-order valence-electron chi connectivity index (χ2n) is 4.69. The maximum atomic E-state index is 11.8. The summed E-state index contributed by atoms with van der Waals surface area (Å²) in [6.07, 6.45) is 2.26. The molecule has 1 aliphatic carbocycles. The number of carbonyl (C=O) groups is 2. The number of hydrogen-bond acceptors (Lipinski definition) is 3. The summed E-state index contributed by atoms with van der Waals surface area (Å²) >= 11 is 3.39. The summed E-state index contributed by atoms with van der Waals surface area (Å²) in [6.45, 7) is 0. The van der Waals surface area contributed by atoms with Gasteiger partial charge >= 0.3 is 5.97 Å². The molecular formula is C14H16BrNO3. The number of esters is 1. The van der Waals surface area contributed by atoms with Crippen molar-refractivity contribution >= 4 is 27.8 Å². The molecule has 1 saturated carbocycles. The zero-order valence-electron chi connectivity index (χ0n) is 10.7. The largest absolute Gasteiger partial charge is 0.467 e. The Morgan fingerprint density at radius 1 is 1.47 bits per heavy atom. The number of halogens is 1. The Morgan fingerprint density at radius 2 is 2.21 bits per heavy atom. The molecular weight excluding hydrogens is 310 g/mol. The first-order chi connectivity index (χ1) is 9.10. The summed E-state index contributed by atoms with van der Waals surface area (Å²) < 4.78 is 5.70. The Morgan fingerprint density at radius 3 is 2.79 bits per heavy atom. The van der Waals surface area contributed by atoms with Crippen molar-refractivity contribution in [2.75, 3.05) is 7.11 Å². The van der Waals surface area contributed by atoms with Gasteiger partial charge in [0.15, 0.2) is 0 Å². The minimum Gasteiger partial charge on any atom is -0.467 e. The number of carbonyl (C=O) groups excluding carboxylic acids is 2. The van der Waals surface area contributed by atoms with Crippen LogP contribution in [0.25, 0.3) is 0 Å². The average Bonchev–Trinajstić information content (AvgIpc) is 3.21. The molecule has 0 spiro atoms. The van der Waals surface area contributed by atoms with Crippen LogP contribution in [0.3, 0.4) is 0 Å². The number of rotatable bonds is 5. The molecule has 5 heteroatoms.